The molecule has 2 aromatic carbocycles. The molecule has 0 spiro atoms. The Hall–Kier alpha value is -2.44. The molecule has 0 fully saturated rings. The van der Waals surface area contributed by atoms with Gasteiger partial charge in [-0.15, -0.1) is 0 Å². The summed E-state index contributed by atoms with van der Waals surface area (Å²) in [6.45, 7) is 11.7. The van der Waals surface area contributed by atoms with Crippen molar-refractivity contribution in [3.63, 3.8) is 0 Å². The highest BCUT2D eigenvalue weighted by Crippen LogP contribution is 2.24. The highest BCUT2D eigenvalue weighted by atomic mass is 35.5. The molecule has 0 amide bonds. The van der Waals surface area contributed by atoms with Gasteiger partial charge in [-0.3, -0.25) is 9.13 Å². The average Bonchev–Trinajstić information content (AvgIpc) is 3.08. The van der Waals surface area contributed by atoms with Gasteiger partial charge in [0.15, 0.2) is 11.2 Å². The van der Waals surface area contributed by atoms with E-state index in [0.29, 0.717) is 21.2 Å². The number of benzene rings is 2. The molecule has 31 heavy (non-hydrogen) atoms. The molecule has 6 nitrogen and oxygen atoms in total. The molecule has 0 unspecified atom stereocenters. The van der Waals surface area contributed by atoms with E-state index in [0.717, 1.165) is 11.0 Å². The molecule has 4 rings (SSSR count). The predicted molar refractivity (Wildman–Crippen MR) is 128 cm³/mol. The van der Waals surface area contributed by atoms with Gasteiger partial charge >= 0.3 is 11.5 Å². The van der Waals surface area contributed by atoms with E-state index in [1.807, 2.05) is 41.5 Å². The molecule has 0 atom stereocenters. The van der Waals surface area contributed by atoms with Gasteiger partial charge in [-0.2, -0.15) is 0 Å². The maximum absolute atomic E-state index is 11.6. The molecule has 0 saturated carbocycles. The zero-order chi connectivity index (χ0) is 22.4. The Morgan fingerprint density at radius 3 is 1.68 bits per heavy atom. The minimum absolute atomic E-state index is 0. The van der Waals surface area contributed by atoms with Crippen LogP contribution in [0, 0.1) is 0 Å². The molecule has 8 heteroatoms. The lowest BCUT2D eigenvalue weighted by atomic mass is 10.1. The van der Waals surface area contributed by atoms with Gasteiger partial charge in [0.25, 0.3) is 0 Å². The highest BCUT2D eigenvalue weighted by molar-refractivity contribution is 6.31. The monoisotopic (exact) mass is 466 g/mol. The van der Waals surface area contributed by atoms with Gasteiger partial charge in [0, 0.05) is 27.2 Å². The summed E-state index contributed by atoms with van der Waals surface area (Å²) >= 11 is 11.7. The van der Waals surface area contributed by atoms with Gasteiger partial charge in [0.2, 0.25) is 0 Å². The fraction of sp³-hybridized carbons (Fsp3) is 0.391. The van der Waals surface area contributed by atoms with Crippen LogP contribution in [0.15, 0.2) is 54.8 Å². The van der Waals surface area contributed by atoms with Crippen molar-refractivity contribution in [3.05, 3.63) is 67.5 Å². The molecule has 2 aromatic heterocycles. The Labute approximate surface area is 191 Å². The number of aromatic nitrogens is 2. The maximum atomic E-state index is 11.6. The Bertz CT molecular complexity index is 1330. The zero-order valence-electron chi connectivity index (χ0n) is 17.7. The van der Waals surface area contributed by atoms with E-state index in [2.05, 4.69) is 0 Å². The zero-order valence-corrected chi connectivity index (χ0v) is 19.3. The molecule has 0 radical (unpaired) electrons. The lowest BCUT2D eigenvalue weighted by Gasteiger charge is -2.19. The van der Waals surface area contributed by atoms with Gasteiger partial charge in [-0.05, 0) is 71.9 Å². The Balaban J connectivity index is 0.000000213. The molecule has 0 bridgehead atoms. The van der Waals surface area contributed by atoms with Gasteiger partial charge < -0.3 is 8.83 Å². The summed E-state index contributed by atoms with van der Waals surface area (Å²) < 4.78 is 13.5. The van der Waals surface area contributed by atoms with Crippen LogP contribution in [0.3, 0.4) is 0 Å². The predicted octanol–water partition coefficient (Wildman–Crippen LogP) is 6.64. The first-order chi connectivity index (χ1) is 13.8. The third kappa shape index (κ3) is 5.08. The largest absolute Gasteiger partial charge is 0.420 e. The summed E-state index contributed by atoms with van der Waals surface area (Å²) in [4.78, 5) is 23.3. The highest BCUT2D eigenvalue weighted by Gasteiger charge is 2.21. The quantitative estimate of drug-likeness (QED) is 0.291. The van der Waals surface area contributed by atoms with Crippen molar-refractivity contribution in [2.45, 2.75) is 60.0 Å². The normalized spacial score (nSPS) is 11.9. The number of halogens is 2. The van der Waals surface area contributed by atoms with E-state index in [1.54, 1.807) is 45.5 Å². The van der Waals surface area contributed by atoms with Gasteiger partial charge in [0.05, 0.1) is 11.0 Å². The number of fused-ring (bicyclic) bond motifs is 2. The summed E-state index contributed by atoms with van der Waals surface area (Å²) in [6, 6.07) is 10.4. The Kier molecular flexibility index (Phi) is 6.88. The lowest BCUT2D eigenvalue weighted by molar-refractivity contribution is 0.362. The van der Waals surface area contributed by atoms with Gasteiger partial charge in [0.1, 0.15) is 0 Å². The van der Waals surface area contributed by atoms with Crippen LogP contribution in [0.1, 0.15) is 49.0 Å². The first kappa shape index (κ1) is 24.8. The number of oxazole rings is 2. The molecular formula is C23H28Cl2N2O4. The maximum Gasteiger partial charge on any atom is 0.420 e. The molecule has 0 saturated heterocycles. The summed E-state index contributed by atoms with van der Waals surface area (Å²) in [5.74, 6) is -0.695. The van der Waals surface area contributed by atoms with E-state index in [1.165, 1.54) is 0 Å². The third-order valence-electron chi connectivity index (χ3n) is 4.43. The average molecular weight is 467 g/mol. The second-order valence-electron chi connectivity index (χ2n) is 8.97. The molecular weight excluding hydrogens is 439 g/mol. The lowest BCUT2D eigenvalue weighted by Crippen LogP contribution is -2.30. The topological polar surface area (TPSA) is 70.3 Å². The van der Waals surface area contributed by atoms with Crippen molar-refractivity contribution < 1.29 is 8.83 Å². The van der Waals surface area contributed by atoms with E-state index < -0.39 is 0 Å². The summed E-state index contributed by atoms with van der Waals surface area (Å²) in [6.07, 6.45) is 0. The van der Waals surface area contributed by atoms with Crippen LogP contribution in [0.5, 0.6) is 0 Å². The van der Waals surface area contributed by atoms with Crippen molar-refractivity contribution >= 4 is 45.4 Å². The smallest absolute Gasteiger partial charge is 0.408 e. The molecule has 2 heterocycles. The fourth-order valence-corrected chi connectivity index (χ4v) is 3.58. The van der Waals surface area contributed by atoms with Crippen LogP contribution in [0.4, 0.5) is 0 Å². The van der Waals surface area contributed by atoms with E-state index in [9.17, 15) is 9.59 Å². The number of hydrogen-bond donors (Lipinski definition) is 0. The van der Waals surface area contributed by atoms with Crippen LogP contribution < -0.4 is 11.5 Å². The minimum atomic E-state index is -0.347. The molecule has 168 valence electrons. The number of rotatable bonds is 0. The summed E-state index contributed by atoms with van der Waals surface area (Å²) in [7, 11) is 0. The van der Waals surface area contributed by atoms with Crippen molar-refractivity contribution in [1.82, 2.24) is 9.13 Å². The van der Waals surface area contributed by atoms with Crippen molar-refractivity contribution in [3.8, 4) is 0 Å². The molecule has 0 N–H and O–H groups in total. The van der Waals surface area contributed by atoms with Crippen LogP contribution in [-0.2, 0) is 11.1 Å². The van der Waals surface area contributed by atoms with Crippen LogP contribution in [-0.4, -0.2) is 9.13 Å². The van der Waals surface area contributed by atoms with Crippen LogP contribution in [0.2, 0.25) is 10.0 Å². The minimum Gasteiger partial charge on any atom is -0.408 e. The van der Waals surface area contributed by atoms with Crippen LogP contribution in [0.25, 0.3) is 22.2 Å². The van der Waals surface area contributed by atoms with E-state index in [-0.39, 0.29) is 30.0 Å². The van der Waals surface area contributed by atoms with Crippen LogP contribution >= 0.6 is 23.2 Å². The first-order valence-electron chi connectivity index (χ1n) is 9.42. The van der Waals surface area contributed by atoms with Crippen molar-refractivity contribution in [1.29, 1.82) is 0 Å². The summed E-state index contributed by atoms with van der Waals surface area (Å²) in [5.41, 5.74) is 2.00. The SMILES string of the molecule is C.CC(C)(C)n1c(=O)oc2cc(Cl)ccc21.CC(C)(C)n1c(=O)oc2ccc(Cl)cc21. The Morgan fingerprint density at radius 2 is 1.13 bits per heavy atom. The first-order valence-corrected chi connectivity index (χ1v) is 10.2. The third-order valence-corrected chi connectivity index (χ3v) is 4.90. The second kappa shape index (κ2) is 8.60. The standard InChI is InChI=1S/2C11H12ClNO2.CH4/c1-11(2,3)13-8-6-7(12)4-5-9(8)15-10(13)14;1-11(2,3)13-8-5-4-7(12)6-9(8)15-10(13)14;/h2*4-6H,1-3H3;1H4. The van der Waals surface area contributed by atoms with Gasteiger partial charge in [-0.1, -0.05) is 30.6 Å². The van der Waals surface area contributed by atoms with E-state index in [4.69, 9.17) is 32.0 Å². The molecule has 0 aliphatic carbocycles. The fourth-order valence-electron chi connectivity index (χ4n) is 3.25. The van der Waals surface area contributed by atoms with Crippen molar-refractivity contribution in [2.24, 2.45) is 0 Å². The van der Waals surface area contributed by atoms with E-state index >= 15 is 0 Å². The Morgan fingerprint density at radius 1 is 0.677 bits per heavy atom. The second-order valence-corrected chi connectivity index (χ2v) is 9.85. The molecule has 4 aromatic rings. The van der Waals surface area contributed by atoms with Crippen molar-refractivity contribution in [2.75, 3.05) is 0 Å². The number of hydrogen-bond acceptors (Lipinski definition) is 4. The number of nitrogens with zero attached hydrogens (tertiary/aromatic N) is 2. The van der Waals surface area contributed by atoms with Gasteiger partial charge in [-0.25, -0.2) is 9.59 Å². The summed E-state index contributed by atoms with van der Waals surface area (Å²) in [5, 5.41) is 1.17. The molecule has 0 aliphatic heterocycles. The molecule has 0 aliphatic rings.